The molecule has 0 aliphatic carbocycles. The van der Waals surface area contributed by atoms with Gasteiger partial charge in [-0.25, -0.2) is 0 Å². The Hall–Kier alpha value is 0.0169. The van der Waals surface area contributed by atoms with E-state index in [1.807, 2.05) is 0 Å². The fraction of sp³-hybridized carbons (Fsp3) is 1.00. The van der Waals surface area contributed by atoms with Crippen molar-refractivity contribution in [3.8, 4) is 0 Å². The van der Waals surface area contributed by atoms with E-state index in [1.165, 1.54) is 0 Å². The predicted molar refractivity (Wildman–Crippen MR) is 63.6 cm³/mol. The van der Waals surface area contributed by atoms with Gasteiger partial charge >= 0.3 is 8.56 Å². The maximum absolute atomic E-state index is 9.04. The van der Waals surface area contributed by atoms with Crippen molar-refractivity contribution in [1.29, 1.82) is 0 Å². The Labute approximate surface area is 98.6 Å². The molecular weight excluding hydrogens is 228 g/mol. The van der Waals surface area contributed by atoms with Crippen molar-refractivity contribution in [2.24, 2.45) is 0 Å². The molecule has 1 atom stereocenters. The molecule has 6 heteroatoms. The molecule has 0 amide bonds. The van der Waals surface area contributed by atoms with Gasteiger partial charge in [0.25, 0.3) is 0 Å². The van der Waals surface area contributed by atoms with E-state index < -0.39 is 14.7 Å². The van der Waals surface area contributed by atoms with Crippen molar-refractivity contribution in [3.63, 3.8) is 0 Å². The van der Waals surface area contributed by atoms with E-state index in [0.29, 0.717) is 6.61 Å². The van der Waals surface area contributed by atoms with Gasteiger partial charge in [0.1, 0.15) is 6.10 Å². The summed E-state index contributed by atoms with van der Waals surface area (Å²) in [6, 6.07) is 1.80. The van der Waals surface area contributed by atoms with Crippen LogP contribution in [-0.2, 0) is 13.6 Å². The van der Waals surface area contributed by atoms with Crippen molar-refractivity contribution in [3.05, 3.63) is 0 Å². The molecule has 0 radical (unpaired) electrons. The van der Waals surface area contributed by atoms with Crippen molar-refractivity contribution < 1.29 is 23.8 Å². The highest BCUT2D eigenvalue weighted by Crippen LogP contribution is 2.18. The van der Waals surface area contributed by atoms with E-state index in [-0.39, 0.29) is 13.2 Å². The first-order valence-corrected chi connectivity index (χ1v) is 7.84. The minimum atomic E-state index is -1.99. The van der Waals surface area contributed by atoms with E-state index >= 15 is 0 Å². The molecule has 0 aliphatic rings. The Morgan fingerprint density at radius 3 is 2.31 bits per heavy atom. The topological polar surface area (TPSA) is 68.2 Å². The summed E-state index contributed by atoms with van der Waals surface area (Å²) in [6.45, 7) is 2.54. The van der Waals surface area contributed by atoms with Gasteiger partial charge in [0, 0.05) is 20.8 Å². The minimum Gasteiger partial charge on any atom is -0.398 e. The number of aliphatic hydroxyl groups excluding tert-OH is 2. The molecule has 0 aromatic heterocycles. The van der Waals surface area contributed by atoms with Crippen molar-refractivity contribution in [1.82, 2.24) is 0 Å². The lowest BCUT2D eigenvalue weighted by Gasteiger charge is -2.25. The van der Waals surface area contributed by atoms with Gasteiger partial charge in [0.05, 0.1) is 13.2 Å². The monoisotopic (exact) mass is 252 g/mol. The summed E-state index contributed by atoms with van der Waals surface area (Å²) >= 11 is 0. The molecule has 0 saturated heterocycles. The van der Waals surface area contributed by atoms with Crippen LogP contribution < -0.4 is 0 Å². The van der Waals surface area contributed by atoms with Crippen LogP contribution >= 0.6 is 0 Å². The van der Waals surface area contributed by atoms with E-state index in [1.54, 1.807) is 14.2 Å². The highest BCUT2D eigenvalue weighted by atomic mass is 28.4. The molecule has 0 heterocycles. The first-order valence-electron chi connectivity index (χ1n) is 5.61. The van der Waals surface area contributed by atoms with Crippen LogP contribution in [0, 0.1) is 0 Å². The molecule has 1 unspecified atom stereocenters. The summed E-state index contributed by atoms with van der Waals surface area (Å²) in [4.78, 5) is 0. The Balaban J connectivity index is 3.63. The number of hydrogen-bond donors (Lipinski definition) is 2. The lowest BCUT2D eigenvalue weighted by Crippen LogP contribution is -2.39. The maximum Gasteiger partial charge on any atom is 0.337 e. The third kappa shape index (κ3) is 5.93. The van der Waals surface area contributed by atoms with E-state index in [0.717, 1.165) is 18.5 Å². The third-order valence-electron chi connectivity index (χ3n) is 2.65. The van der Waals surface area contributed by atoms with Gasteiger partial charge in [-0.15, -0.1) is 0 Å². The third-order valence-corrected chi connectivity index (χ3v) is 6.33. The van der Waals surface area contributed by atoms with Gasteiger partial charge in [0.15, 0.2) is 0 Å². The van der Waals surface area contributed by atoms with Crippen LogP contribution in [-0.4, -0.2) is 58.9 Å². The first kappa shape index (κ1) is 16.0. The van der Waals surface area contributed by atoms with Crippen LogP contribution in [0.15, 0.2) is 0 Å². The van der Waals surface area contributed by atoms with Crippen LogP contribution in [0.2, 0.25) is 12.1 Å². The average Bonchev–Trinajstić information content (AvgIpc) is 2.34. The van der Waals surface area contributed by atoms with Crippen LogP contribution in [0.3, 0.4) is 0 Å². The number of hydrogen-bond acceptors (Lipinski definition) is 5. The van der Waals surface area contributed by atoms with Gasteiger partial charge < -0.3 is 23.8 Å². The van der Waals surface area contributed by atoms with Gasteiger partial charge in [-0.1, -0.05) is 6.92 Å². The molecular formula is C10H24O5Si. The zero-order valence-electron chi connectivity index (χ0n) is 10.4. The molecule has 16 heavy (non-hydrogen) atoms. The summed E-state index contributed by atoms with van der Waals surface area (Å²) in [5.74, 6) is 0. The van der Waals surface area contributed by atoms with E-state index in [2.05, 4.69) is 6.92 Å². The van der Waals surface area contributed by atoms with Crippen molar-refractivity contribution in [2.75, 3.05) is 34.0 Å². The average molecular weight is 252 g/mol. The molecule has 0 aromatic rings. The quantitative estimate of drug-likeness (QED) is 0.438. The lowest BCUT2D eigenvalue weighted by molar-refractivity contribution is 0.00609. The van der Waals surface area contributed by atoms with Crippen LogP contribution in [0.25, 0.3) is 0 Å². The number of rotatable bonds is 10. The molecule has 0 aromatic carbocycles. The second-order valence-electron chi connectivity index (χ2n) is 3.69. The normalized spacial score (nSPS) is 14.1. The zero-order valence-corrected chi connectivity index (χ0v) is 11.4. The summed E-state index contributed by atoms with van der Waals surface area (Å²) in [5.41, 5.74) is 0. The standard InChI is InChI=1S/C10H24O5Si/c1-4-16(13-2,14-3)7-5-6-15-9-10(12)8-11/h10-12H,4-9H2,1-3H3. The minimum absolute atomic E-state index is 0.178. The highest BCUT2D eigenvalue weighted by molar-refractivity contribution is 6.67. The molecule has 0 bridgehead atoms. The second kappa shape index (κ2) is 9.09. The van der Waals surface area contributed by atoms with Gasteiger partial charge in [0.2, 0.25) is 0 Å². The molecule has 0 aliphatic heterocycles. The molecule has 2 N–H and O–H groups in total. The highest BCUT2D eigenvalue weighted by Gasteiger charge is 2.32. The molecule has 0 fully saturated rings. The largest absolute Gasteiger partial charge is 0.398 e. The Morgan fingerprint density at radius 1 is 1.25 bits per heavy atom. The lowest BCUT2D eigenvalue weighted by atomic mass is 10.4. The van der Waals surface area contributed by atoms with Crippen LogP contribution in [0.4, 0.5) is 0 Å². The fourth-order valence-electron chi connectivity index (χ4n) is 1.47. The summed E-state index contributed by atoms with van der Waals surface area (Å²) < 4.78 is 16.1. The summed E-state index contributed by atoms with van der Waals surface area (Å²) in [5, 5.41) is 17.6. The predicted octanol–water partition coefficient (Wildman–Crippen LogP) is 0.501. The van der Waals surface area contributed by atoms with E-state index in [4.69, 9.17) is 23.8 Å². The van der Waals surface area contributed by atoms with Crippen LogP contribution in [0.1, 0.15) is 13.3 Å². The van der Waals surface area contributed by atoms with Crippen LogP contribution in [0.5, 0.6) is 0 Å². The SMILES string of the molecule is CC[Si](CCCOCC(O)CO)(OC)OC. The number of aliphatic hydroxyl groups is 2. The Morgan fingerprint density at radius 2 is 1.88 bits per heavy atom. The molecule has 5 nitrogen and oxygen atoms in total. The molecule has 0 spiro atoms. The molecule has 0 saturated carbocycles. The number of ether oxygens (including phenoxy) is 1. The zero-order chi connectivity index (χ0) is 12.4. The first-order chi connectivity index (χ1) is 7.64. The van der Waals surface area contributed by atoms with E-state index in [9.17, 15) is 0 Å². The Kier molecular flexibility index (Phi) is 9.10. The molecule has 98 valence electrons. The molecule has 0 rings (SSSR count). The second-order valence-corrected chi connectivity index (χ2v) is 7.53. The van der Waals surface area contributed by atoms with Gasteiger partial charge in [-0.05, 0) is 18.5 Å². The van der Waals surface area contributed by atoms with Gasteiger partial charge in [-0.3, -0.25) is 0 Å². The van der Waals surface area contributed by atoms with Crippen molar-refractivity contribution in [2.45, 2.75) is 31.5 Å². The Bertz CT molecular complexity index is 155. The smallest absolute Gasteiger partial charge is 0.337 e. The summed E-state index contributed by atoms with van der Waals surface area (Å²) in [6.07, 6.45) is 0.0675. The van der Waals surface area contributed by atoms with Gasteiger partial charge in [-0.2, -0.15) is 0 Å². The summed E-state index contributed by atoms with van der Waals surface area (Å²) in [7, 11) is 1.39. The van der Waals surface area contributed by atoms with Crippen molar-refractivity contribution >= 4 is 8.56 Å². The fourth-order valence-corrected chi connectivity index (χ4v) is 3.66. The maximum atomic E-state index is 9.04.